The Kier molecular flexibility index (Phi) is 9.80. The largest absolute Gasteiger partial charge is 0.398 e. The topological polar surface area (TPSA) is 27.0 Å². The van der Waals surface area contributed by atoms with E-state index < -0.39 is 23.2 Å². The minimum atomic E-state index is -4.55. The molecule has 2 aliphatic rings. The summed E-state index contributed by atoms with van der Waals surface area (Å²) in [4.78, 5) is 2.39. The zero-order valence-electron chi connectivity index (χ0n) is 22.9. The molecule has 0 aliphatic heterocycles. The van der Waals surface area contributed by atoms with Gasteiger partial charge in [-0.05, 0) is 80.2 Å². The van der Waals surface area contributed by atoms with Crippen molar-refractivity contribution >= 4 is 0 Å². The Balaban J connectivity index is 0.00000134. The molecule has 2 aliphatic carbocycles. The molecule has 8 heteroatoms. The van der Waals surface area contributed by atoms with Gasteiger partial charge in [-0.2, -0.15) is 31.6 Å². The van der Waals surface area contributed by atoms with Crippen LogP contribution in [-0.2, 0) is 23.7 Å². The molecule has 0 N–H and O–H groups in total. The second-order valence-electron chi connectivity index (χ2n) is 10.7. The monoisotopic (exact) mass is 552 g/mol. The van der Waals surface area contributed by atoms with Crippen molar-refractivity contribution in [2.45, 2.75) is 101 Å². The fraction of sp³-hybridized carbons (Fsp3) is 0.581. The number of halogens is 6. The number of hydrogen-bond acceptors (Lipinski definition) is 2. The predicted octanol–water partition coefficient (Wildman–Crippen LogP) is 8.68. The average Bonchev–Trinajstić information content (AvgIpc) is 3.80. The van der Waals surface area contributed by atoms with E-state index in [1.165, 1.54) is 24.6 Å². The lowest BCUT2D eigenvalue weighted by atomic mass is 9.81. The van der Waals surface area contributed by atoms with Crippen LogP contribution in [0.3, 0.4) is 0 Å². The molecule has 2 nitrogen and oxygen atoms in total. The summed E-state index contributed by atoms with van der Waals surface area (Å²) in [5, 5.41) is 7.32. The van der Waals surface area contributed by atoms with Crippen LogP contribution in [0.2, 0.25) is 0 Å². The number of nitriles is 1. The Morgan fingerprint density at radius 3 is 1.82 bits per heavy atom. The van der Waals surface area contributed by atoms with Crippen LogP contribution in [0.5, 0.6) is 0 Å². The van der Waals surface area contributed by atoms with Crippen molar-refractivity contribution in [1.29, 1.82) is 5.26 Å². The molecule has 0 radical (unpaired) electrons. The summed E-state index contributed by atoms with van der Waals surface area (Å²) >= 11 is 0. The Labute approximate surface area is 228 Å². The molecule has 39 heavy (non-hydrogen) atoms. The Hall–Kier alpha value is -2.53. The molecule has 1 atom stereocenters. The number of rotatable bonds is 11. The quantitative estimate of drug-likeness (QED) is 0.261. The van der Waals surface area contributed by atoms with E-state index in [1.807, 2.05) is 18.2 Å². The first-order chi connectivity index (χ1) is 18.4. The van der Waals surface area contributed by atoms with E-state index in [2.05, 4.69) is 30.9 Å². The van der Waals surface area contributed by atoms with Gasteiger partial charge in [0.25, 0.3) is 0 Å². The van der Waals surface area contributed by atoms with Gasteiger partial charge in [-0.15, -0.1) is 0 Å². The van der Waals surface area contributed by atoms with Crippen LogP contribution in [0.4, 0.5) is 26.3 Å². The van der Waals surface area contributed by atoms with Gasteiger partial charge in [-0.25, -0.2) is 0 Å². The number of aryl methyl sites for hydroxylation is 1. The zero-order chi connectivity index (χ0) is 28.9. The van der Waals surface area contributed by atoms with E-state index >= 15 is 0 Å². The fourth-order valence-electron chi connectivity index (χ4n) is 5.72. The molecule has 0 spiro atoms. The van der Waals surface area contributed by atoms with Gasteiger partial charge in [-0.3, -0.25) is 0 Å². The second-order valence-corrected chi connectivity index (χ2v) is 10.7. The molecule has 0 amide bonds. The minimum absolute atomic E-state index is 0.133. The summed E-state index contributed by atoms with van der Waals surface area (Å²) in [6.07, 6.45) is -6.54. The Bertz CT molecular complexity index is 1110. The third kappa shape index (κ3) is 6.80. The normalized spacial score (nSPS) is 18.1. The van der Waals surface area contributed by atoms with Gasteiger partial charge in [0.15, 0.2) is 0 Å². The van der Waals surface area contributed by atoms with Crippen LogP contribution in [-0.4, -0.2) is 36.4 Å². The van der Waals surface area contributed by atoms with Gasteiger partial charge < -0.3 is 4.90 Å². The molecule has 0 heterocycles. The number of nitrogens with zero attached hydrogens (tertiary/aromatic N) is 2. The molecule has 4 rings (SSSR count). The van der Waals surface area contributed by atoms with Gasteiger partial charge in [-0.1, -0.05) is 62.4 Å². The highest BCUT2D eigenvalue weighted by atomic mass is 19.4. The van der Waals surface area contributed by atoms with Crippen molar-refractivity contribution in [2.24, 2.45) is 0 Å². The number of likely N-dealkylation sites (N-methyl/N-ethyl adjacent to an activating group) is 1. The molecule has 0 saturated heterocycles. The molecule has 2 saturated carbocycles. The summed E-state index contributed by atoms with van der Waals surface area (Å²) in [6.45, 7) is 7.38. The van der Waals surface area contributed by atoms with Crippen molar-refractivity contribution in [1.82, 2.24) is 4.90 Å². The lowest BCUT2D eigenvalue weighted by Crippen LogP contribution is -2.37. The molecule has 214 valence electrons. The molecule has 0 bridgehead atoms. The van der Waals surface area contributed by atoms with Gasteiger partial charge in [0.1, 0.15) is 0 Å². The van der Waals surface area contributed by atoms with Crippen molar-refractivity contribution in [2.75, 3.05) is 13.1 Å². The van der Waals surface area contributed by atoms with Gasteiger partial charge in [0, 0.05) is 19.5 Å². The second kappa shape index (κ2) is 12.3. The van der Waals surface area contributed by atoms with Crippen molar-refractivity contribution in [3.63, 3.8) is 0 Å². The fourth-order valence-corrected chi connectivity index (χ4v) is 5.72. The average molecular weight is 553 g/mol. The molecular weight excluding hydrogens is 514 g/mol. The van der Waals surface area contributed by atoms with E-state index in [9.17, 15) is 26.3 Å². The summed E-state index contributed by atoms with van der Waals surface area (Å²) < 4.78 is 83.9. The van der Waals surface area contributed by atoms with Crippen LogP contribution < -0.4 is 0 Å². The third-order valence-corrected chi connectivity index (χ3v) is 8.39. The van der Waals surface area contributed by atoms with Gasteiger partial charge >= 0.3 is 12.4 Å². The van der Waals surface area contributed by atoms with E-state index in [-0.39, 0.29) is 42.9 Å². The molecule has 2 aromatic rings. The predicted molar refractivity (Wildman–Crippen MR) is 141 cm³/mol. The first-order valence-corrected chi connectivity index (χ1v) is 13.7. The Morgan fingerprint density at radius 2 is 1.36 bits per heavy atom. The maximum absolute atomic E-state index is 14.1. The van der Waals surface area contributed by atoms with E-state index in [1.54, 1.807) is 12.1 Å². The zero-order valence-corrected chi connectivity index (χ0v) is 22.9. The lowest BCUT2D eigenvalue weighted by molar-refractivity contribution is -0.167. The molecule has 2 fully saturated rings. The summed E-state index contributed by atoms with van der Waals surface area (Å²) in [6, 6.07) is 16.7. The van der Waals surface area contributed by atoms with E-state index in [0.29, 0.717) is 12.0 Å². The summed E-state index contributed by atoms with van der Waals surface area (Å²) in [7, 11) is 0. The third-order valence-electron chi connectivity index (χ3n) is 8.39. The van der Waals surface area contributed by atoms with Crippen molar-refractivity contribution < 1.29 is 26.3 Å². The number of hydrogen-bond donors (Lipinski definition) is 0. The van der Waals surface area contributed by atoms with Crippen LogP contribution in [0.1, 0.15) is 81.5 Å². The highest BCUT2D eigenvalue weighted by Gasteiger charge is 2.70. The van der Waals surface area contributed by atoms with Crippen molar-refractivity contribution in [3.05, 3.63) is 70.8 Å². The number of alkyl halides is 6. The Morgan fingerprint density at radius 1 is 0.821 bits per heavy atom. The SMILES string of the molecule is CC#N.CCC(CCc1ccc(C2(C(F)(F)F)CC2)c(C2(C(F)(F)F)CC2)c1)N(CC)CCc1ccccc1. The van der Waals surface area contributed by atoms with Crippen LogP contribution in [0, 0.1) is 11.3 Å². The summed E-state index contributed by atoms with van der Waals surface area (Å²) in [5.41, 5.74) is -2.59. The van der Waals surface area contributed by atoms with E-state index in [0.717, 1.165) is 32.4 Å². The van der Waals surface area contributed by atoms with E-state index in [4.69, 9.17) is 5.26 Å². The first kappa shape index (κ1) is 31.0. The smallest absolute Gasteiger partial charge is 0.300 e. The van der Waals surface area contributed by atoms with Crippen LogP contribution >= 0.6 is 0 Å². The highest BCUT2D eigenvalue weighted by molar-refractivity contribution is 5.50. The molecule has 1 unspecified atom stereocenters. The minimum Gasteiger partial charge on any atom is -0.300 e. The van der Waals surface area contributed by atoms with Crippen LogP contribution in [0.25, 0.3) is 0 Å². The van der Waals surface area contributed by atoms with Crippen LogP contribution in [0.15, 0.2) is 48.5 Å². The van der Waals surface area contributed by atoms with Crippen molar-refractivity contribution in [3.8, 4) is 6.07 Å². The van der Waals surface area contributed by atoms with Gasteiger partial charge in [0.2, 0.25) is 0 Å². The summed E-state index contributed by atoms with van der Waals surface area (Å²) in [5.74, 6) is 0. The number of benzene rings is 2. The maximum Gasteiger partial charge on any atom is 0.398 e. The lowest BCUT2D eigenvalue weighted by Gasteiger charge is -2.31. The standard InChI is InChI=1S/C29H35F6N.C2H3N/c1-3-23(36(4-2)19-14-21-8-6-5-7-9-21)12-10-22-11-13-24(26(15-16-26)28(30,31)32)25(20-22)27(17-18-27)29(33,34)35;1-2-3/h5-9,11,13,20,23H,3-4,10,12,14-19H2,1-2H3;1H3. The molecular formula is C31H38F6N2. The first-order valence-electron chi connectivity index (χ1n) is 13.7. The maximum atomic E-state index is 14.1. The molecule has 2 aromatic carbocycles. The highest BCUT2D eigenvalue weighted by Crippen LogP contribution is 2.66. The van der Waals surface area contributed by atoms with Gasteiger partial charge in [0.05, 0.1) is 16.9 Å². The molecule has 0 aromatic heterocycles.